The average molecular weight is 413 g/mol. The molecule has 1 fully saturated rings. The second kappa shape index (κ2) is 9.68. The first kappa shape index (κ1) is 22.4. The van der Waals surface area contributed by atoms with Crippen LogP contribution in [0.3, 0.4) is 0 Å². The number of para-hydroxylation sites is 1. The van der Waals surface area contributed by atoms with Crippen LogP contribution in [0.2, 0.25) is 0 Å². The van der Waals surface area contributed by atoms with Crippen LogP contribution in [0.1, 0.15) is 57.4 Å². The molecule has 0 unspecified atom stereocenters. The molecule has 0 spiro atoms. The minimum Gasteiger partial charge on any atom is -0.489 e. The van der Waals surface area contributed by atoms with Crippen LogP contribution in [-0.2, 0) is 9.53 Å². The molecular weight excluding hydrogens is 380 g/mol. The first-order valence-electron chi connectivity index (χ1n) is 10.7. The maximum absolute atomic E-state index is 11.7. The largest absolute Gasteiger partial charge is 0.489 e. The van der Waals surface area contributed by atoms with Crippen LogP contribution >= 0.6 is 0 Å². The molecule has 1 saturated carbocycles. The van der Waals surface area contributed by atoms with E-state index in [1.165, 1.54) is 7.11 Å². The number of rotatable bonds is 8. The minimum absolute atomic E-state index is 0.0118. The number of fused-ring (bicyclic) bond motifs is 3. The topological polar surface area (TPSA) is 76.0 Å². The van der Waals surface area contributed by atoms with Crippen molar-refractivity contribution in [2.75, 3.05) is 7.11 Å². The van der Waals surface area contributed by atoms with Gasteiger partial charge in [-0.05, 0) is 31.7 Å². The number of carbonyl (C=O) groups is 1. The van der Waals surface area contributed by atoms with Crippen molar-refractivity contribution in [2.24, 2.45) is 11.3 Å². The van der Waals surface area contributed by atoms with Crippen LogP contribution < -0.4 is 4.74 Å². The lowest BCUT2D eigenvalue weighted by Gasteiger charge is -2.35. The molecule has 5 nitrogen and oxygen atoms in total. The molecule has 1 aromatic rings. The number of hydrogen-bond donors (Lipinski definition) is 2. The SMILES string of the molecule is CC#CC[C@H](C)[C@H](O)/C=C/[C@@]1(CCCC(=O)OC)[C@H](O)C[C@@H]2Oc3ccccc3[C@@H]21. The molecule has 0 amide bonds. The number of ether oxygens (including phenoxy) is 2. The summed E-state index contributed by atoms with van der Waals surface area (Å²) in [5.74, 6) is 6.45. The molecule has 1 heterocycles. The highest BCUT2D eigenvalue weighted by Gasteiger charge is 2.57. The number of aliphatic hydroxyl groups excluding tert-OH is 2. The van der Waals surface area contributed by atoms with E-state index in [2.05, 4.69) is 17.9 Å². The molecule has 1 aliphatic carbocycles. The van der Waals surface area contributed by atoms with Crippen LogP contribution in [0.4, 0.5) is 0 Å². The van der Waals surface area contributed by atoms with Gasteiger partial charge in [0.15, 0.2) is 0 Å². The molecule has 0 radical (unpaired) electrons. The Morgan fingerprint density at radius 1 is 1.43 bits per heavy atom. The summed E-state index contributed by atoms with van der Waals surface area (Å²) in [6, 6.07) is 7.95. The maximum Gasteiger partial charge on any atom is 0.305 e. The highest BCUT2D eigenvalue weighted by Crippen LogP contribution is 2.59. The number of hydrogen-bond acceptors (Lipinski definition) is 5. The summed E-state index contributed by atoms with van der Waals surface area (Å²) in [6.45, 7) is 3.75. The van der Waals surface area contributed by atoms with Gasteiger partial charge in [0.2, 0.25) is 0 Å². The summed E-state index contributed by atoms with van der Waals surface area (Å²) >= 11 is 0. The smallest absolute Gasteiger partial charge is 0.305 e. The van der Waals surface area contributed by atoms with Gasteiger partial charge in [-0.25, -0.2) is 0 Å². The van der Waals surface area contributed by atoms with Crippen LogP contribution in [-0.4, -0.2) is 41.6 Å². The zero-order valence-electron chi connectivity index (χ0n) is 18.0. The van der Waals surface area contributed by atoms with Crippen molar-refractivity contribution in [1.82, 2.24) is 0 Å². The third-order valence-corrected chi connectivity index (χ3v) is 6.57. The summed E-state index contributed by atoms with van der Waals surface area (Å²) < 4.78 is 10.9. The fourth-order valence-corrected chi connectivity index (χ4v) is 4.86. The van der Waals surface area contributed by atoms with Gasteiger partial charge < -0.3 is 19.7 Å². The summed E-state index contributed by atoms with van der Waals surface area (Å²) in [5.41, 5.74) is 0.476. The number of methoxy groups -OCH3 is 1. The molecule has 2 N–H and O–H groups in total. The van der Waals surface area contributed by atoms with E-state index in [9.17, 15) is 15.0 Å². The number of benzene rings is 1. The summed E-state index contributed by atoms with van der Waals surface area (Å²) in [7, 11) is 1.39. The fraction of sp³-hybridized carbons (Fsp3) is 0.560. The molecule has 5 heteroatoms. The maximum atomic E-state index is 11.7. The van der Waals surface area contributed by atoms with E-state index in [0.717, 1.165) is 11.3 Å². The van der Waals surface area contributed by atoms with Crippen molar-refractivity contribution in [3.63, 3.8) is 0 Å². The van der Waals surface area contributed by atoms with E-state index >= 15 is 0 Å². The lowest BCUT2D eigenvalue weighted by atomic mass is 9.69. The monoisotopic (exact) mass is 412 g/mol. The fourth-order valence-electron chi connectivity index (χ4n) is 4.86. The molecule has 1 aliphatic heterocycles. The normalized spacial score (nSPS) is 28.8. The highest BCUT2D eigenvalue weighted by atomic mass is 16.5. The summed E-state index contributed by atoms with van der Waals surface area (Å²) in [4.78, 5) is 11.7. The highest BCUT2D eigenvalue weighted by molar-refractivity contribution is 5.69. The zero-order chi connectivity index (χ0) is 21.7. The first-order chi connectivity index (χ1) is 14.4. The quantitative estimate of drug-likeness (QED) is 0.388. The molecule has 1 aromatic carbocycles. The molecule has 0 bridgehead atoms. The molecule has 0 aromatic heterocycles. The van der Waals surface area contributed by atoms with Gasteiger partial charge in [-0.15, -0.1) is 11.8 Å². The predicted octanol–water partition coefficient (Wildman–Crippen LogP) is 3.59. The van der Waals surface area contributed by atoms with Crippen molar-refractivity contribution in [3.05, 3.63) is 42.0 Å². The Kier molecular flexibility index (Phi) is 7.23. The van der Waals surface area contributed by atoms with Crippen LogP contribution in [0.15, 0.2) is 36.4 Å². The van der Waals surface area contributed by atoms with Crippen LogP contribution in [0.25, 0.3) is 0 Å². The van der Waals surface area contributed by atoms with E-state index in [0.29, 0.717) is 32.1 Å². The average Bonchev–Trinajstić information content (AvgIpc) is 3.24. The van der Waals surface area contributed by atoms with Crippen molar-refractivity contribution in [2.45, 2.75) is 70.2 Å². The molecular formula is C25H32O5. The Bertz CT molecular complexity index is 835. The lowest BCUT2D eigenvalue weighted by molar-refractivity contribution is -0.140. The standard InChI is InChI=1S/C25H32O5/c1-4-5-9-17(2)19(26)13-15-25(14-8-12-23(28)29-3)22(27)16-21-24(25)18-10-6-7-11-20(18)30-21/h6-7,10-11,13,15,17,19,21-22,24,26-27H,8-9,12,14,16H2,1-3H3/b15-13+/t17-,19+,21-,22+,24-,25-/m0/s1. The number of esters is 1. The third kappa shape index (κ3) is 4.40. The van der Waals surface area contributed by atoms with E-state index in [-0.39, 0.29) is 23.9 Å². The van der Waals surface area contributed by atoms with Crippen LogP contribution in [0.5, 0.6) is 5.75 Å². The Balaban J connectivity index is 1.90. The van der Waals surface area contributed by atoms with Gasteiger partial charge in [-0.3, -0.25) is 4.79 Å². The predicted molar refractivity (Wildman–Crippen MR) is 115 cm³/mol. The Morgan fingerprint density at radius 2 is 2.20 bits per heavy atom. The number of carbonyl (C=O) groups excluding carboxylic acids is 1. The van der Waals surface area contributed by atoms with Gasteiger partial charge in [-0.2, -0.15) is 0 Å². The van der Waals surface area contributed by atoms with E-state index in [1.807, 2.05) is 31.2 Å². The van der Waals surface area contributed by atoms with E-state index < -0.39 is 17.6 Å². The molecule has 0 saturated heterocycles. The van der Waals surface area contributed by atoms with Gasteiger partial charge >= 0.3 is 5.97 Å². The molecule has 2 aliphatic rings. The first-order valence-corrected chi connectivity index (χ1v) is 10.7. The second-order valence-corrected chi connectivity index (χ2v) is 8.42. The van der Waals surface area contributed by atoms with Gasteiger partial charge in [0, 0.05) is 36.2 Å². The zero-order valence-corrected chi connectivity index (χ0v) is 18.0. The van der Waals surface area contributed by atoms with Crippen molar-refractivity contribution < 1.29 is 24.5 Å². The third-order valence-electron chi connectivity index (χ3n) is 6.57. The molecule has 30 heavy (non-hydrogen) atoms. The lowest BCUT2D eigenvalue weighted by Crippen LogP contribution is -2.34. The van der Waals surface area contributed by atoms with Crippen molar-refractivity contribution in [3.8, 4) is 17.6 Å². The van der Waals surface area contributed by atoms with Gasteiger partial charge in [0.25, 0.3) is 0 Å². The van der Waals surface area contributed by atoms with Crippen molar-refractivity contribution >= 4 is 5.97 Å². The molecule has 6 atom stereocenters. The molecule has 3 rings (SSSR count). The summed E-state index contributed by atoms with van der Waals surface area (Å²) in [6.07, 6.45) is 5.01. The summed E-state index contributed by atoms with van der Waals surface area (Å²) in [5, 5.41) is 21.8. The van der Waals surface area contributed by atoms with Crippen LogP contribution in [0, 0.1) is 23.2 Å². The number of aliphatic hydroxyl groups is 2. The van der Waals surface area contributed by atoms with Gasteiger partial charge in [0.1, 0.15) is 11.9 Å². The Labute approximate surface area is 179 Å². The second-order valence-electron chi connectivity index (χ2n) is 8.42. The minimum atomic E-state index is -0.660. The van der Waals surface area contributed by atoms with Gasteiger partial charge in [0.05, 0.1) is 19.3 Å². The van der Waals surface area contributed by atoms with Crippen molar-refractivity contribution in [1.29, 1.82) is 0 Å². The van der Waals surface area contributed by atoms with Gasteiger partial charge in [-0.1, -0.05) is 37.3 Å². The molecule has 162 valence electrons. The van der Waals surface area contributed by atoms with E-state index in [4.69, 9.17) is 9.47 Å². The Morgan fingerprint density at radius 3 is 2.93 bits per heavy atom. The Hall–Kier alpha value is -2.29. The van der Waals surface area contributed by atoms with E-state index in [1.54, 1.807) is 13.0 Å².